The van der Waals surface area contributed by atoms with Gasteiger partial charge in [-0.3, -0.25) is 0 Å². The largest absolute Gasteiger partial charge is 0.364 e. The molecular formula is C28H27N5S. The molecule has 34 heavy (non-hydrogen) atoms. The van der Waals surface area contributed by atoms with Crippen molar-refractivity contribution in [2.75, 3.05) is 7.05 Å². The van der Waals surface area contributed by atoms with Crippen LogP contribution in [-0.4, -0.2) is 32.7 Å². The Bertz CT molecular complexity index is 1340. The molecule has 0 radical (unpaired) electrons. The van der Waals surface area contributed by atoms with Gasteiger partial charge < -0.3 is 5.32 Å². The lowest BCUT2D eigenvalue weighted by atomic mass is 9.96. The molecule has 0 unspecified atom stereocenters. The average molecular weight is 466 g/mol. The molecule has 0 fully saturated rings. The highest BCUT2D eigenvalue weighted by Gasteiger charge is 2.34. The number of aromatic nitrogens is 2. The maximum absolute atomic E-state index is 5.67. The minimum absolute atomic E-state index is 0.0648. The zero-order valence-electron chi connectivity index (χ0n) is 19.6. The number of hydrogen-bond donors (Lipinski definition) is 1. The number of hydrogen-bond acceptors (Lipinski definition) is 3. The van der Waals surface area contributed by atoms with Crippen LogP contribution in [0.4, 0.5) is 0 Å². The summed E-state index contributed by atoms with van der Waals surface area (Å²) in [7, 11) is 1.84. The second-order valence-electron chi connectivity index (χ2n) is 8.61. The third-order valence-corrected chi connectivity index (χ3v) is 6.56. The lowest BCUT2D eigenvalue weighted by molar-refractivity contribution is 0.367. The number of aryl methyl sites for hydroxylation is 2. The van der Waals surface area contributed by atoms with E-state index >= 15 is 0 Å². The topological polar surface area (TPSA) is 45.5 Å². The first kappa shape index (κ1) is 22.0. The van der Waals surface area contributed by atoms with Gasteiger partial charge in [-0.05, 0) is 43.8 Å². The van der Waals surface area contributed by atoms with Crippen molar-refractivity contribution in [1.82, 2.24) is 20.1 Å². The van der Waals surface area contributed by atoms with Gasteiger partial charge in [0.25, 0.3) is 0 Å². The van der Waals surface area contributed by atoms with Crippen molar-refractivity contribution in [2.24, 2.45) is 5.10 Å². The van der Waals surface area contributed by atoms with E-state index in [1.165, 1.54) is 11.1 Å². The highest BCUT2D eigenvalue weighted by molar-refractivity contribution is 7.80. The highest BCUT2D eigenvalue weighted by atomic mass is 32.1. The summed E-state index contributed by atoms with van der Waals surface area (Å²) in [6.45, 7) is 4.19. The first-order chi connectivity index (χ1) is 16.5. The van der Waals surface area contributed by atoms with Gasteiger partial charge in [-0.1, -0.05) is 77.9 Å². The van der Waals surface area contributed by atoms with Crippen molar-refractivity contribution in [3.63, 3.8) is 0 Å². The molecule has 3 aromatic carbocycles. The summed E-state index contributed by atoms with van der Waals surface area (Å²) < 4.78 is 1.95. The van der Waals surface area contributed by atoms with Crippen molar-refractivity contribution in [3.05, 3.63) is 107 Å². The Morgan fingerprint density at radius 2 is 1.50 bits per heavy atom. The second kappa shape index (κ2) is 9.23. The van der Waals surface area contributed by atoms with E-state index in [2.05, 4.69) is 86.0 Å². The molecule has 1 aliphatic heterocycles. The molecular weight excluding hydrogens is 438 g/mol. The number of thiocarbonyl (C=S) groups is 1. The van der Waals surface area contributed by atoms with Gasteiger partial charge in [0, 0.05) is 30.8 Å². The second-order valence-corrected chi connectivity index (χ2v) is 9.00. The zero-order valence-corrected chi connectivity index (χ0v) is 20.4. The van der Waals surface area contributed by atoms with Crippen LogP contribution in [0.1, 0.15) is 34.7 Å². The normalized spacial score (nSPS) is 15.3. The third kappa shape index (κ3) is 4.24. The van der Waals surface area contributed by atoms with Crippen LogP contribution in [-0.2, 0) is 0 Å². The van der Waals surface area contributed by atoms with Crippen LogP contribution >= 0.6 is 12.2 Å². The molecule has 5 rings (SSSR count). The Morgan fingerprint density at radius 3 is 2.12 bits per heavy atom. The Hall–Kier alpha value is -3.77. The van der Waals surface area contributed by atoms with Gasteiger partial charge in [0.15, 0.2) is 5.11 Å². The smallest absolute Gasteiger partial charge is 0.189 e. The van der Waals surface area contributed by atoms with Crippen LogP contribution < -0.4 is 5.32 Å². The maximum Gasteiger partial charge on any atom is 0.189 e. The standard InChI is InChI=1S/C28H27N5S/c1-19-9-13-21(14-10-19)25-17-26(33(30-25)28(34)29-3)24-18-32(23-7-5-4-6-8-23)31-27(24)22-15-11-20(2)12-16-22/h4-16,18,26H,17H2,1-3H3,(H,29,34)/t26-/m1/s1. The van der Waals surface area contributed by atoms with E-state index in [1.54, 1.807) is 0 Å². The van der Waals surface area contributed by atoms with E-state index in [9.17, 15) is 0 Å². The van der Waals surface area contributed by atoms with E-state index in [0.29, 0.717) is 5.11 Å². The summed E-state index contributed by atoms with van der Waals surface area (Å²) in [5.74, 6) is 0. The van der Waals surface area contributed by atoms with E-state index in [1.807, 2.05) is 34.9 Å². The van der Waals surface area contributed by atoms with Gasteiger partial charge in [-0.25, -0.2) is 9.69 Å². The van der Waals surface area contributed by atoms with Gasteiger partial charge in [-0.2, -0.15) is 10.2 Å². The molecule has 0 aliphatic carbocycles. The number of nitrogens with one attached hydrogen (secondary N) is 1. The molecule has 5 nitrogen and oxygen atoms in total. The summed E-state index contributed by atoms with van der Waals surface area (Å²) in [5, 5.41) is 15.6. The van der Waals surface area contributed by atoms with Crippen LogP contribution in [0.3, 0.4) is 0 Å². The van der Waals surface area contributed by atoms with E-state index < -0.39 is 0 Å². The van der Waals surface area contributed by atoms with E-state index in [4.69, 9.17) is 22.4 Å². The van der Waals surface area contributed by atoms with Gasteiger partial charge in [0.2, 0.25) is 0 Å². The summed E-state index contributed by atoms with van der Waals surface area (Å²) in [6, 6.07) is 27.2. The lowest BCUT2D eigenvalue weighted by Crippen LogP contribution is -2.34. The molecule has 2 heterocycles. The van der Waals surface area contributed by atoms with Crippen LogP contribution in [0.5, 0.6) is 0 Å². The number of hydrazone groups is 1. The van der Waals surface area contributed by atoms with Crippen LogP contribution in [0.2, 0.25) is 0 Å². The first-order valence-corrected chi connectivity index (χ1v) is 11.8. The lowest BCUT2D eigenvalue weighted by Gasteiger charge is -2.23. The van der Waals surface area contributed by atoms with Crippen molar-refractivity contribution >= 4 is 23.0 Å². The molecule has 0 bridgehead atoms. The Kier molecular flexibility index (Phi) is 5.99. The van der Waals surface area contributed by atoms with Crippen molar-refractivity contribution in [1.29, 1.82) is 0 Å². The van der Waals surface area contributed by atoms with Gasteiger partial charge in [-0.15, -0.1) is 0 Å². The van der Waals surface area contributed by atoms with Gasteiger partial charge in [0.05, 0.1) is 23.1 Å². The fourth-order valence-electron chi connectivity index (χ4n) is 4.25. The highest BCUT2D eigenvalue weighted by Crippen LogP contribution is 2.38. The van der Waals surface area contributed by atoms with Crippen molar-refractivity contribution in [2.45, 2.75) is 26.3 Å². The number of nitrogens with zero attached hydrogens (tertiary/aromatic N) is 4. The Balaban J connectivity index is 1.62. The van der Waals surface area contributed by atoms with Crippen LogP contribution in [0.15, 0.2) is 90.2 Å². The molecule has 0 amide bonds. The van der Waals surface area contributed by atoms with Crippen molar-refractivity contribution < 1.29 is 0 Å². The fourth-order valence-corrected chi connectivity index (χ4v) is 4.42. The van der Waals surface area contributed by atoms with Gasteiger partial charge in [0.1, 0.15) is 0 Å². The summed E-state index contributed by atoms with van der Waals surface area (Å²) in [5.41, 5.74) is 8.71. The fraction of sp³-hybridized carbons (Fsp3) is 0.179. The van der Waals surface area contributed by atoms with Gasteiger partial charge >= 0.3 is 0 Å². The molecule has 0 spiro atoms. The SMILES string of the molecule is CNC(=S)N1N=C(c2ccc(C)cc2)C[C@@H]1c1cn(-c2ccccc2)nc1-c1ccc(C)cc1. The first-order valence-electron chi connectivity index (χ1n) is 11.4. The zero-order chi connectivity index (χ0) is 23.7. The molecule has 0 saturated heterocycles. The van der Waals surface area contributed by atoms with Crippen LogP contribution in [0.25, 0.3) is 16.9 Å². The molecule has 4 aromatic rings. The number of rotatable bonds is 4. The molecule has 1 atom stereocenters. The molecule has 6 heteroatoms. The molecule has 1 aliphatic rings. The van der Waals surface area contributed by atoms with Crippen LogP contribution in [0, 0.1) is 13.8 Å². The minimum Gasteiger partial charge on any atom is -0.364 e. The predicted molar refractivity (Wildman–Crippen MR) is 142 cm³/mol. The molecule has 1 N–H and O–H groups in total. The number of para-hydroxylation sites is 1. The monoisotopic (exact) mass is 465 g/mol. The molecule has 1 aromatic heterocycles. The Morgan fingerprint density at radius 1 is 0.882 bits per heavy atom. The maximum atomic E-state index is 5.67. The number of benzene rings is 3. The predicted octanol–water partition coefficient (Wildman–Crippen LogP) is 5.81. The summed E-state index contributed by atoms with van der Waals surface area (Å²) >= 11 is 5.67. The third-order valence-electron chi connectivity index (χ3n) is 6.16. The Labute approximate surface area is 205 Å². The minimum atomic E-state index is -0.0648. The molecule has 0 saturated carbocycles. The quantitative estimate of drug-likeness (QED) is 0.386. The van der Waals surface area contributed by atoms with E-state index in [0.717, 1.165) is 40.2 Å². The summed E-state index contributed by atoms with van der Waals surface area (Å²) in [4.78, 5) is 0. The van der Waals surface area contributed by atoms with Crippen molar-refractivity contribution in [3.8, 4) is 16.9 Å². The molecule has 170 valence electrons. The average Bonchev–Trinajstić information content (AvgIpc) is 3.50. The van der Waals surface area contributed by atoms with E-state index in [-0.39, 0.29) is 6.04 Å². The summed E-state index contributed by atoms with van der Waals surface area (Å²) in [6.07, 6.45) is 2.86.